The van der Waals surface area contributed by atoms with Gasteiger partial charge in [-0.25, -0.2) is 0 Å². The first kappa shape index (κ1) is 20.6. The minimum atomic E-state index is -2.99. The van der Waals surface area contributed by atoms with Crippen molar-refractivity contribution in [3.8, 4) is 0 Å². The molecular weight excluding hydrogens is 389 g/mol. The van der Waals surface area contributed by atoms with Gasteiger partial charge in [-0.1, -0.05) is 36.4 Å². The lowest BCUT2D eigenvalue weighted by Crippen LogP contribution is -2.30. The minimum absolute atomic E-state index is 0.0333. The van der Waals surface area contributed by atoms with Crippen LogP contribution >= 0.6 is 28.3 Å². The van der Waals surface area contributed by atoms with Crippen molar-refractivity contribution in [1.29, 1.82) is 0 Å². The van der Waals surface area contributed by atoms with Crippen LogP contribution in [0.4, 0.5) is 0 Å². The average molecular weight is 409 g/mol. The first-order valence-corrected chi connectivity index (χ1v) is 12.7. The summed E-state index contributed by atoms with van der Waals surface area (Å²) in [7, 11) is 0. The summed E-state index contributed by atoms with van der Waals surface area (Å²) < 4.78 is 18.5. The quantitative estimate of drug-likeness (QED) is 0.321. The second-order valence-corrected chi connectivity index (χ2v) is 13.4. The largest absolute Gasteiger partial charge is 0.465 e. The van der Waals surface area contributed by atoms with E-state index in [0.717, 1.165) is 9.79 Å². The van der Waals surface area contributed by atoms with Crippen molar-refractivity contribution in [2.24, 2.45) is 0 Å². The van der Waals surface area contributed by atoms with Crippen molar-refractivity contribution in [2.75, 3.05) is 19.4 Å². The van der Waals surface area contributed by atoms with Crippen LogP contribution in [-0.2, 0) is 18.9 Å². The molecule has 138 valence electrons. The van der Waals surface area contributed by atoms with Gasteiger partial charge in [0.15, 0.2) is 0 Å². The molecule has 0 aliphatic carbocycles. The van der Waals surface area contributed by atoms with Crippen LogP contribution in [0.5, 0.6) is 0 Å². The zero-order chi connectivity index (χ0) is 18.8. The van der Waals surface area contributed by atoms with E-state index in [9.17, 15) is 14.2 Å². The monoisotopic (exact) mass is 409 g/mol. The summed E-state index contributed by atoms with van der Waals surface area (Å²) in [6, 6.07) is 18.8. The van der Waals surface area contributed by atoms with E-state index in [-0.39, 0.29) is 19.4 Å². The van der Waals surface area contributed by atoms with Crippen LogP contribution < -0.4 is 0 Å². The molecule has 0 spiro atoms. The first-order valence-electron chi connectivity index (χ1n) is 7.98. The van der Waals surface area contributed by atoms with E-state index in [2.05, 4.69) is 0 Å². The molecule has 26 heavy (non-hydrogen) atoms. The van der Waals surface area contributed by atoms with Crippen molar-refractivity contribution in [2.45, 2.75) is 16.7 Å². The maximum atomic E-state index is 13.6. The molecule has 0 saturated carbocycles. The molecule has 0 saturated heterocycles. The number of nitrogens with zero attached hydrogens (tertiary/aromatic N) is 1. The van der Waals surface area contributed by atoms with E-state index in [1.165, 1.54) is 27.7 Å². The lowest BCUT2D eigenvalue weighted by molar-refractivity contribution is -0.145. The van der Waals surface area contributed by atoms with Crippen molar-refractivity contribution in [1.82, 2.24) is 4.90 Å². The molecule has 0 aromatic heterocycles. The van der Waals surface area contributed by atoms with Gasteiger partial charge in [-0.05, 0) is 54.0 Å². The zero-order valence-corrected chi connectivity index (χ0v) is 16.8. The van der Waals surface area contributed by atoms with Gasteiger partial charge in [0, 0.05) is 9.79 Å². The summed E-state index contributed by atoms with van der Waals surface area (Å²) in [6.45, 7) is 1.72. The molecule has 0 fully saturated rings. The standard InChI is InChI=1S/C18H20NO4PS2/c1-2-23-18(21)13-19(14-20)15-24(22,25-16-9-5-3-6-10-16)26-17-11-7-4-8-12-17/h3-12,14H,2,13,15H2,1H3. The number of esters is 1. The van der Waals surface area contributed by atoms with E-state index < -0.39 is 11.5 Å². The zero-order valence-electron chi connectivity index (χ0n) is 14.3. The Morgan fingerprint density at radius 2 is 1.54 bits per heavy atom. The highest BCUT2D eigenvalue weighted by Crippen LogP contribution is 2.73. The minimum Gasteiger partial charge on any atom is -0.465 e. The van der Waals surface area contributed by atoms with E-state index in [1.807, 2.05) is 60.7 Å². The van der Waals surface area contributed by atoms with E-state index in [4.69, 9.17) is 4.74 Å². The predicted molar refractivity (Wildman–Crippen MR) is 106 cm³/mol. The molecular formula is C18H20NO4PS2. The number of hydrogen-bond donors (Lipinski definition) is 0. The van der Waals surface area contributed by atoms with Crippen molar-refractivity contribution < 1.29 is 18.9 Å². The maximum absolute atomic E-state index is 13.6. The molecule has 8 heteroatoms. The highest BCUT2D eigenvalue weighted by Gasteiger charge is 2.29. The molecule has 0 unspecified atom stereocenters. The predicted octanol–water partition coefficient (Wildman–Crippen LogP) is 4.74. The summed E-state index contributed by atoms with van der Waals surface area (Å²) in [5.41, 5.74) is -2.99. The number of carbonyl (C=O) groups is 2. The summed E-state index contributed by atoms with van der Waals surface area (Å²) in [5, 5.41) is 0. The highest BCUT2D eigenvalue weighted by atomic mass is 33.1. The Kier molecular flexibility index (Phi) is 8.29. The Morgan fingerprint density at radius 3 is 1.96 bits per heavy atom. The molecule has 5 nitrogen and oxygen atoms in total. The molecule has 2 rings (SSSR count). The Hall–Kier alpha value is -1.69. The molecule has 0 aliphatic heterocycles. The molecule has 2 aromatic carbocycles. The van der Waals surface area contributed by atoms with Crippen LogP contribution in [0, 0.1) is 0 Å². The second kappa shape index (κ2) is 10.5. The molecule has 1 amide bonds. The first-order chi connectivity index (χ1) is 12.5. The fraction of sp³-hybridized carbons (Fsp3) is 0.222. The van der Waals surface area contributed by atoms with Gasteiger partial charge in [0.25, 0.3) is 0 Å². The van der Waals surface area contributed by atoms with Crippen LogP contribution in [0.15, 0.2) is 70.5 Å². The van der Waals surface area contributed by atoms with Crippen LogP contribution in [0.2, 0.25) is 0 Å². The van der Waals surface area contributed by atoms with E-state index in [0.29, 0.717) is 6.41 Å². The molecule has 2 aromatic rings. The van der Waals surface area contributed by atoms with Crippen molar-refractivity contribution in [3.05, 3.63) is 60.7 Å². The number of carbonyl (C=O) groups excluding carboxylic acids is 2. The van der Waals surface area contributed by atoms with Gasteiger partial charge >= 0.3 is 5.97 Å². The summed E-state index contributed by atoms with van der Waals surface area (Å²) in [6.07, 6.45) is 0.509. The van der Waals surface area contributed by atoms with Crippen molar-refractivity contribution >= 4 is 40.7 Å². The van der Waals surface area contributed by atoms with Gasteiger partial charge in [0.2, 0.25) is 12.0 Å². The van der Waals surface area contributed by atoms with Crippen LogP contribution in [0.25, 0.3) is 0 Å². The number of ether oxygens (including phenoxy) is 1. The lowest BCUT2D eigenvalue weighted by atomic mass is 10.4. The van der Waals surface area contributed by atoms with Gasteiger partial charge in [-0.15, -0.1) is 0 Å². The Morgan fingerprint density at radius 1 is 1.04 bits per heavy atom. The Bertz CT molecular complexity index is 713. The Labute approximate surface area is 161 Å². The lowest BCUT2D eigenvalue weighted by Gasteiger charge is -2.23. The SMILES string of the molecule is CCOC(=O)CN(C=O)CP(=O)(Sc1ccccc1)Sc1ccccc1. The highest BCUT2D eigenvalue weighted by molar-refractivity contribution is 8.90. The van der Waals surface area contributed by atoms with Crippen molar-refractivity contribution in [3.63, 3.8) is 0 Å². The maximum Gasteiger partial charge on any atom is 0.325 e. The molecule has 0 bridgehead atoms. The smallest absolute Gasteiger partial charge is 0.325 e. The van der Waals surface area contributed by atoms with Gasteiger partial charge in [0.05, 0.1) is 12.9 Å². The van der Waals surface area contributed by atoms with Gasteiger partial charge in [0.1, 0.15) is 6.54 Å². The molecule has 0 heterocycles. The molecule has 0 aliphatic rings. The fourth-order valence-electron chi connectivity index (χ4n) is 2.08. The number of rotatable bonds is 10. The molecule has 0 radical (unpaired) electrons. The number of amides is 1. The van der Waals surface area contributed by atoms with Gasteiger partial charge in [-0.3, -0.25) is 14.2 Å². The third-order valence-corrected chi connectivity index (χ3v) is 10.3. The number of hydrogen-bond acceptors (Lipinski definition) is 6. The second-order valence-electron chi connectivity index (χ2n) is 5.22. The van der Waals surface area contributed by atoms with Crippen LogP contribution in [-0.4, -0.2) is 36.7 Å². The Balaban J connectivity index is 2.19. The average Bonchev–Trinajstić information content (AvgIpc) is 2.62. The summed E-state index contributed by atoms with van der Waals surface area (Å²) in [4.78, 5) is 26.0. The fourth-order valence-corrected chi connectivity index (χ4v) is 9.93. The third kappa shape index (κ3) is 6.90. The van der Waals surface area contributed by atoms with Crippen LogP contribution in [0.3, 0.4) is 0 Å². The van der Waals surface area contributed by atoms with E-state index >= 15 is 0 Å². The summed E-state index contributed by atoms with van der Waals surface area (Å²) in [5.74, 6) is -0.513. The normalized spacial score (nSPS) is 11.0. The van der Waals surface area contributed by atoms with Gasteiger partial charge in [-0.2, -0.15) is 0 Å². The topological polar surface area (TPSA) is 63.7 Å². The number of benzene rings is 2. The molecule has 0 N–H and O–H groups in total. The third-order valence-electron chi connectivity index (χ3n) is 3.12. The van der Waals surface area contributed by atoms with Gasteiger partial charge < -0.3 is 9.64 Å². The molecule has 0 atom stereocenters. The summed E-state index contributed by atoms with van der Waals surface area (Å²) >= 11 is 2.47. The van der Waals surface area contributed by atoms with E-state index in [1.54, 1.807) is 6.92 Å². The van der Waals surface area contributed by atoms with Crippen LogP contribution in [0.1, 0.15) is 6.92 Å².